The number of amides is 1. The molecule has 0 aliphatic carbocycles. The molecule has 6 nitrogen and oxygen atoms in total. The van der Waals surface area contributed by atoms with Gasteiger partial charge in [-0.15, -0.1) is 0 Å². The van der Waals surface area contributed by atoms with Crippen molar-refractivity contribution in [2.75, 3.05) is 26.7 Å². The molecule has 1 aliphatic heterocycles. The molecular formula is C20H28N2O4. The van der Waals surface area contributed by atoms with Crippen molar-refractivity contribution in [1.82, 2.24) is 10.0 Å². The first-order chi connectivity index (χ1) is 12.4. The van der Waals surface area contributed by atoms with Crippen LogP contribution in [-0.2, 0) is 20.7 Å². The summed E-state index contributed by atoms with van der Waals surface area (Å²) in [5, 5.41) is 3.75. The molecule has 0 bridgehead atoms. The molecule has 1 heterocycles. The molecule has 142 valence electrons. The van der Waals surface area contributed by atoms with Crippen molar-refractivity contribution in [3.8, 4) is 0 Å². The van der Waals surface area contributed by atoms with E-state index in [1.807, 2.05) is 31.0 Å². The van der Waals surface area contributed by atoms with Crippen molar-refractivity contribution < 1.29 is 19.1 Å². The van der Waals surface area contributed by atoms with Crippen molar-refractivity contribution in [3.63, 3.8) is 0 Å². The number of rotatable bonds is 9. The molecule has 1 aromatic carbocycles. The lowest BCUT2D eigenvalue weighted by Gasteiger charge is -2.28. The molecule has 26 heavy (non-hydrogen) atoms. The molecule has 1 amide bonds. The summed E-state index contributed by atoms with van der Waals surface area (Å²) in [4.78, 5) is 35.5. The average molecular weight is 360 g/mol. The van der Waals surface area contributed by atoms with E-state index in [1.165, 1.54) is 7.11 Å². The number of esters is 1. The van der Waals surface area contributed by atoms with Gasteiger partial charge < -0.3 is 4.74 Å². The van der Waals surface area contributed by atoms with Crippen molar-refractivity contribution in [2.45, 2.75) is 39.5 Å². The Morgan fingerprint density at radius 3 is 2.46 bits per heavy atom. The summed E-state index contributed by atoms with van der Waals surface area (Å²) in [5.41, 5.74) is 1.56. The molecule has 0 unspecified atom stereocenters. The van der Waals surface area contributed by atoms with E-state index in [0.717, 1.165) is 5.56 Å². The number of ether oxygens (including phenoxy) is 1. The van der Waals surface area contributed by atoms with Gasteiger partial charge in [0.15, 0.2) is 0 Å². The Morgan fingerprint density at radius 1 is 1.15 bits per heavy atom. The Bertz CT molecular complexity index is 640. The van der Waals surface area contributed by atoms with Crippen LogP contribution in [0.15, 0.2) is 24.3 Å². The van der Waals surface area contributed by atoms with Crippen LogP contribution in [0.5, 0.6) is 0 Å². The largest absolute Gasteiger partial charge is 0.465 e. The number of methoxy groups -OCH3 is 1. The second-order valence-electron chi connectivity index (χ2n) is 7.05. The average Bonchev–Trinajstić information content (AvgIpc) is 2.97. The molecule has 1 saturated heterocycles. The Labute approximate surface area is 155 Å². The lowest BCUT2D eigenvalue weighted by Crippen LogP contribution is -2.41. The molecule has 0 aromatic heterocycles. The first-order valence-corrected chi connectivity index (χ1v) is 9.15. The van der Waals surface area contributed by atoms with E-state index in [0.29, 0.717) is 56.8 Å². The van der Waals surface area contributed by atoms with Gasteiger partial charge in [-0.05, 0) is 30.0 Å². The first-order valence-electron chi connectivity index (χ1n) is 9.15. The molecule has 0 spiro atoms. The molecular weight excluding hydrogens is 332 g/mol. The normalized spacial score (nSPS) is 14.9. The molecule has 0 radical (unpaired) electrons. The third-order valence-corrected chi connectivity index (χ3v) is 4.49. The van der Waals surface area contributed by atoms with Gasteiger partial charge in [0, 0.05) is 38.9 Å². The minimum absolute atomic E-state index is 0.104. The van der Waals surface area contributed by atoms with Gasteiger partial charge in [-0.25, -0.2) is 9.80 Å². The zero-order valence-corrected chi connectivity index (χ0v) is 15.9. The molecule has 1 fully saturated rings. The number of benzene rings is 1. The molecule has 0 saturated carbocycles. The number of hydrazine groups is 1. The zero-order valence-electron chi connectivity index (χ0n) is 15.9. The number of Topliss-reactive ketones (excluding diaryl/α,β-unsaturated/α-hetero) is 1. The van der Waals surface area contributed by atoms with Gasteiger partial charge in [0.25, 0.3) is 0 Å². The van der Waals surface area contributed by atoms with Crippen molar-refractivity contribution >= 4 is 17.7 Å². The molecule has 1 aliphatic rings. The molecule has 6 heteroatoms. The van der Waals surface area contributed by atoms with Crippen molar-refractivity contribution in [1.29, 1.82) is 0 Å². The maximum atomic E-state index is 12.1. The molecule has 1 aromatic rings. The van der Waals surface area contributed by atoms with Crippen molar-refractivity contribution in [2.24, 2.45) is 5.92 Å². The number of ketones is 1. The van der Waals surface area contributed by atoms with Crippen LogP contribution in [0.1, 0.15) is 49.0 Å². The molecule has 0 atom stereocenters. The quantitative estimate of drug-likeness (QED) is 0.633. The summed E-state index contributed by atoms with van der Waals surface area (Å²) >= 11 is 0. The SMILES string of the molecule is COC(=O)c1ccc(CCN2C(=O)CCN2CCC(=O)CC(C)C)cc1. The van der Waals surface area contributed by atoms with Gasteiger partial charge in [-0.3, -0.25) is 14.6 Å². The van der Waals surface area contributed by atoms with E-state index >= 15 is 0 Å². The summed E-state index contributed by atoms with van der Waals surface area (Å²) in [7, 11) is 1.36. The van der Waals surface area contributed by atoms with Gasteiger partial charge in [-0.2, -0.15) is 0 Å². The fourth-order valence-electron chi connectivity index (χ4n) is 3.10. The lowest BCUT2D eigenvalue weighted by atomic mass is 10.1. The molecule has 0 N–H and O–H groups in total. The van der Waals surface area contributed by atoms with Crippen LogP contribution in [0.25, 0.3) is 0 Å². The summed E-state index contributed by atoms with van der Waals surface area (Å²) < 4.78 is 4.69. The van der Waals surface area contributed by atoms with Gasteiger partial charge in [-0.1, -0.05) is 26.0 Å². The Kier molecular flexibility index (Phi) is 7.33. The standard InChI is InChI=1S/C20H28N2O4/c1-15(2)14-18(23)9-11-21-12-10-19(24)22(21)13-8-16-4-6-17(7-5-16)20(25)26-3/h4-7,15H,8-14H2,1-3H3. The Morgan fingerprint density at radius 2 is 1.85 bits per heavy atom. The third kappa shape index (κ3) is 5.66. The van der Waals surface area contributed by atoms with Crippen LogP contribution in [0.4, 0.5) is 0 Å². The fourth-order valence-corrected chi connectivity index (χ4v) is 3.10. The maximum Gasteiger partial charge on any atom is 0.337 e. The maximum absolute atomic E-state index is 12.1. The highest BCUT2D eigenvalue weighted by molar-refractivity contribution is 5.89. The van der Waals surface area contributed by atoms with Gasteiger partial charge in [0.2, 0.25) is 5.91 Å². The lowest BCUT2D eigenvalue weighted by molar-refractivity contribution is -0.139. The number of carbonyl (C=O) groups excluding carboxylic acids is 3. The smallest absolute Gasteiger partial charge is 0.337 e. The number of hydrogen-bond donors (Lipinski definition) is 0. The predicted molar refractivity (Wildman–Crippen MR) is 98.5 cm³/mol. The van der Waals surface area contributed by atoms with Crippen LogP contribution in [0, 0.1) is 5.92 Å². The Balaban J connectivity index is 1.86. The highest BCUT2D eigenvalue weighted by atomic mass is 16.5. The molecule has 2 rings (SSSR count). The van der Waals surface area contributed by atoms with E-state index in [1.54, 1.807) is 17.1 Å². The topological polar surface area (TPSA) is 66.9 Å². The highest BCUT2D eigenvalue weighted by Crippen LogP contribution is 2.15. The monoisotopic (exact) mass is 360 g/mol. The van der Waals surface area contributed by atoms with Crippen LogP contribution in [0.2, 0.25) is 0 Å². The van der Waals surface area contributed by atoms with E-state index in [-0.39, 0.29) is 17.7 Å². The number of hydrogen-bond acceptors (Lipinski definition) is 5. The van der Waals surface area contributed by atoms with Gasteiger partial charge >= 0.3 is 5.97 Å². The third-order valence-electron chi connectivity index (χ3n) is 4.49. The second kappa shape index (κ2) is 9.48. The summed E-state index contributed by atoms with van der Waals surface area (Å²) in [5.74, 6) is 0.362. The van der Waals surface area contributed by atoms with Crippen LogP contribution in [0.3, 0.4) is 0 Å². The summed E-state index contributed by atoms with van der Waals surface area (Å²) in [6, 6.07) is 7.22. The van der Waals surface area contributed by atoms with Crippen LogP contribution in [-0.4, -0.2) is 54.4 Å². The van der Waals surface area contributed by atoms with Gasteiger partial charge in [0.1, 0.15) is 5.78 Å². The Hall–Kier alpha value is -2.21. The fraction of sp³-hybridized carbons (Fsp3) is 0.550. The van der Waals surface area contributed by atoms with Crippen LogP contribution < -0.4 is 0 Å². The minimum Gasteiger partial charge on any atom is -0.465 e. The van der Waals surface area contributed by atoms with Crippen LogP contribution >= 0.6 is 0 Å². The number of nitrogens with zero attached hydrogens (tertiary/aromatic N) is 2. The second-order valence-corrected chi connectivity index (χ2v) is 7.05. The summed E-state index contributed by atoms with van der Waals surface area (Å²) in [6.45, 7) is 5.92. The highest BCUT2D eigenvalue weighted by Gasteiger charge is 2.28. The van der Waals surface area contributed by atoms with E-state index in [4.69, 9.17) is 0 Å². The zero-order chi connectivity index (χ0) is 19.1. The van der Waals surface area contributed by atoms with Gasteiger partial charge in [0.05, 0.1) is 12.7 Å². The summed E-state index contributed by atoms with van der Waals surface area (Å²) in [6.07, 6.45) is 2.27. The van der Waals surface area contributed by atoms with E-state index in [9.17, 15) is 14.4 Å². The van der Waals surface area contributed by atoms with E-state index in [2.05, 4.69) is 4.74 Å². The number of carbonyl (C=O) groups is 3. The van der Waals surface area contributed by atoms with Crippen molar-refractivity contribution in [3.05, 3.63) is 35.4 Å². The predicted octanol–water partition coefficient (Wildman–Crippen LogP) is 2.47. The minimum atomic E-state index is -0.358. The van der Waals surface area contributed by atoms with E-state index < -0.39 is 0 Å². The first kappa shape index (κ1) is 20.1.